The number of methoxy groups -OCH3 is 1. The number of benzene rings is 2. The highest BCUT2D eigenvalue weighted by Gasteiger charge is 2.17. The van der Waals surface area contributed by atoms with Crippen LogP contribution in [0.2, 0.25) is 0 Å². The van der Waals surface area contributed by atoms with E-state index in [-0.39, 0.29) is 11.8 Å². The number of aliphatic hydroxyl groups excluding tert-OH is 2. The first-order chi connectivity index (χ1) is 10.8. The van der Waals surface area contributed by atoms with E-state index in [1.54, 1.807) is 7.11 Å². The molecule has 0 radical (unpaired) electrons. The molecule has 23 heavy (non-hydrogen) atoms. The zero-order valence-corrected chi connectivity index (χ0v) is 14.3. The Labute approximate surface area is 138 Å². The minimum atomic E-state index is -0.710. The van der Waals surface area contributed by atoms with Crippen molar-refractivity contribution in [3.8, 4) is 5.75 Å². The van der Waals surface area contributed by atoms with Crippen LogP contribution in [0.1, 0.15) is 56.1 Å². The third-order valence-electron chi connectivity index (χ3n) is 4.11. The van der Waals surface area contributed by atoms with Gasteiger partial charge in [-0.2, -0.15) is 0 Å². The molecule has 0 spiro atoms. The molecule has 0 saturated heterocycles. The highest BCUT2D eigenvalue weighted by Crippen LogP contribution is 2.29. The molecule has 2 aromatic rings. The number of hydrogen-bond acceptors (Lipinski definition) is 3. The summed E-state index contributed by atoms with van der Waals surface area (Å²) in [7, 11) is 1.61. The summed E-state index contributed by atoms with van der Waals surface area (Å²) < 4.78 is 5.11. The highest BCUT2D eigenvalue weighted by atomic mass is 16.5. The van der Waals surface area contributed by atoms with E-state index < -0.39 is 12.2 Å². The maximum absolute atomic E-state index is 10.4. The van der Waals surface area contributed by atoms with Gasteiger partial charge in [-0.05, 0) is 34.2 Å². The van der Waals surface area contributed by atoms with Crippen LogP contribution in [-0.4, -0.2) is 17.3 Å². The summed E-state index contributed by atoms with van der Waals surface area (Å²) in [5.41, 5.74) is 2.91. The Hall–Kier alpha value is -1.84. The molecule has 2 N–H and O–H groups in total. The van der Waals surface area contributed by atoms with E-state index >= 15 is 0 Å². The van der Waals surface area contributed by atoms with Crippen molar-refractivity contribution in [2.75, 3.05) is 7.11 Å². The average Bonchev–Trinajstić information content (AvgIpc) is 2.54. The van der Waals surface area contributed by atoms with Crippen LogP contribution in [0.4, 0.5) is 0 Å². The molecule has 0 bridgehead atoms. The smallest absolute Gasteiger partial charge is 0.118 e. The maximum Gasteiger partial charge on any atom is 0.118 e. The molecule has 0 amide bonds. The average molecular weight is 314 g/mol. The molecular weight excluding hydrogens is 288 g/mol. The van der Waals surface area contributed by atoms with Crippen LogP contribution in [0.15, 0.2) is 48.5 Å². The number of aliphatic hydroxyl groups is 2. The van der Waals surface area contributed by atoms with E-state index in [4.69, 9.17) is 4.74 Å². The minimum Gasteiger partial charge on any atom is -0.497 e. The third kappa shape index (κ3) is 4.57. The second-order valence-electron chi connectivity index (χ2n) is 6.91. The van der Waals surface area contributed by atoms with E-state index in [9.17, 15) is 10.2 Å². The van der Waals surface area contributed by atoms with E-state index in [1.165, 1.54) is 5.56 Å². The molecule has 2 atom stereocenters. The normalized spacial score (nSPS) is 14.3. The first-order valence-corrected chi connectivity index (χ1v) is 7.92. The molecular formula is C20H26O3. The Morgan fingerprint density at radius 1 is 0.826 bits per heavy atom. The molecule has 2 aromatic carbocycles. The Balaban J connectivity index is 2.04. The Kier molecular flexibility index (Phi) is 5.45. The largest absolute Gasteiger partial charge is 0.497 e. The van der Waals surface area contributed by atoms with Crippen molar-refractivity contribution in [3.63, 3.8) is 0 Å². The van der Waals surface area contributed by atoms with Crippen molar-refractivity contribution in [2.45, 2.75) is 44.8 Å². The molecule has 3 nitrogen and oxygen atoms in total. The molecule has 124 valence electrons. The van der Waals surface area contributed by atoms with Gasteiger partial charge in [0.1, 0.15) is 5.75 Å². The summed E-state index contributed by atoms with van der Waals surface area (Å²) in [6, 6.07) is 15.2. The second kappa shape index (κ2) is 7.16. The highest BCUT2D eigenvalue weighted by molar-refractivity contribution is 5.30. The zero-order valence-electron chi connectivity index (χ0n) is 14.3. The predicted octanol–water partition coefficient (Wildman–Crippen LogP) is 4.15. The first kappa shape index (κ1) is 17.5. The summed E-state index contributed by atoms with van der Waals surface area (Å²) in [5, 5.41) is 20.7. The molecule has 3 heteroatoms. The molecule has 2 rings (SSSR count). The quantitative estimate of drug-likeness (QED) is 0.871. The summed E-state index contributed by atoms with van der Waals surface area (Å²) >= 11 is 0. The van der Waals surface area contributed by atoms with Crippen molar-refractivity contribution >= 4 is 0 Å². The van der Waals surface area contributed by atoms with Crippen molar-refractivity contribution in [3.05, 3.63) is 65.2 Å². The third-order valence-corrected chi connectivity index (χ3v) is 4.11. The molecule has 0 aromatic heterocycles. The van der Waals surface area contributed by atoms with Gasteiger partial charge in [0, 0.05) is 6.42 Å². The molecule has 0 heterocycles. The van der Waals surface area contributed by atoms with Gasteiger partial charge in [-0.25, -0.2) is 0 Å². The van der Waals surface area contributed by atoms with E-state index in [0.29, 0.717) is 0 Å². The van der Waals surface area contributed by atoms with Gasteiger partial charge in [0.2, 0.25) is 0 Å². The fourth-order valence-corrected chi connectivity index (χ4v) is 2.51. The summed E-state index contributed by atoms with van der Waals surface area (Å²) in [6.07, 6.45) is -1.14. The number of hydrogen-bond donors (Lipinski definition) is 2. The molecule has 2 unspecified atom stereocenters. The number of ether oxygens (including phenoxy) is 1. The molecule has 0 aliphatic heterocycles. The lowest BCUT2D eigenvalue weighted by Crippen LogP contribution is -2.11. The van der Waals surface area contributed by atoms with Crippen molar-refractivity contribution in [2.24, 2.45) is 0 Å². The van der Waals surface area contributed by atoms with Crippen LogP contribution >= 0.6 is 0 Å². The molecule has 0 fully saturated rings. The second-order valence-corrected chi connectivity index (χ2v) is 6.91. The van der Waals surface area contributed by atoms with Crippen LogP contribution < -0.4 is 4.74 Å². The fraction of sp³-hybridized carbons (Fsp3) is 0.400. The van der Waals surface area contributed by atoms with E-state index in [0.717, 1.165) is 16.9 Å². The minimum absolute atomic E-state index is 0.0894. The van der Waals surface area contributed by atoms with Gasteiger partial charge in [-0.1, -0.05) is 57.2 Å². The van der Waals surface area contributed by atoms with Crippen molar-refractivity contribution in [1.82, 2.24) is 0 Å². The SMILES string of the molecule is COc1ccc(C(O)CC(O)c2ccc(C(C)(C)C)cc2)cc1. The summed E-state index contributed by atoms with van der Waals surface area (Å²) in [6.45, 7) is 6.48. The van der Waals surface area contributed by atoms with Gasteiger partial charge in [0.15, 0.2) is 0 Å². The Morgan fingerprint density at radius 3 is 1.65 bits per heavy atom. The van der Waals surface area contributed by atoms with E-state index in [2.05, 4.69) is 20.8 Å². The van der Waals surface area contributed by atoms with Crippen LogP contribution in [0.3, 0.4) is 0 Å². The van der Waals surface area contributed by atoms with Gasteiger partial charge >= 0.3 is 0 Å². The lowest BCUT2D eigenvalue weighted by Gasteiger charge is -2.21. The lowest BCUT2D eigenvalue weighted by molar-refractivity contribution is 0.0804. The topological polar surface area (TPSA) is 49.7 Å². The zero-order chi connectivity index (χ0) is 17.0. The van der Waals surface area contributed by atoms with Gasteiger partial charge < -0.3 is 14.9 Å². The van der Waals surface area contributed by atoms with Crippen LogP contribution in [0.5, 0.6) is 5.75 Å². The van der Waals surface area contributed by atoms with E-state index in [1.807, 2.05) is 48.5 Å². The lowest BCUT2D eigenvalue weighted by atomic mass is 9.86. The summed E-state index contributed by atoms with van der Waals surface area (Å²) in [4.78, 5) is 0. The molecule has 0 aliphatic carbocycles. The van der Waals surface area contributed by atoms with Gasteiger partial charge in [0.05, 0.1) is 19.3 Å². The Bertz CT molecular complexity index is 609. The van der Waals surface area contributed by atoms with Gasteiger partial charge in [-0.3, -0.25) is 0 Å². The molecule has 0 saturated carbocycles. The molecule has 0 aliphatic rings. The summed E-state index contributed by atoms with van der Waals surface area (Å²) in [5.74, 6) is 0.749. The monoisotopic (exact) mass is 314 g/mol. The van der Waals surface area contributed by atoms with Gasteiger partial charge in [-0.15, -0.1) is 0 Å². The van der Waals surface area contributed by atoms with Crippen LogP contribution in [0, 0.1) is 0 Å². The Morgan fingerprint density at radius 2 is 1.26 bits per heavy atom. The van der Waals surface area contributed by atoms with Crippen LogP contribution in [0.25, 0.3) is 0 Å². The first-order valence-electron chi connectivity index (χ1n) is 7.92. The van der Waals surface area contributed by atoms with Gasteiger partial charge in [0.25, 0.3) is 0 Å². The van der Waals surface area contributed by atoms with Crippen molar-refractivity contribution < 1.29 is 14.9 Å². The van der Waals surface area contributed by atoms with Crippen molar-refractivity contribution in [1.29, 1.82) is 0 Å². The fourth-order valence-electron chi connectivity index (χ4n) is 2.51. The number of rotatable bonds is 5. The standard InChI is InChI=1S/C20H26O3/c1-20(2,3)16-9-5-14(6-10-16)18(21)13-19(22)15-7-11-17(23-4)12-8-15/h5-12,18-19,21-22H,13H2,1-4H3. The van der Waals surface area contributed by atoms with Crippen LogP contribution in [-0.2, 0) is 5.41 Å². The maximum atomic E-state index is 10.4. The predicted molar refractivity (Wildman–Crippen MR) is 92.7 cm³/mol.